The summed E-state index contributed by atoms with van der Waals surface area (Å²) in [6.07, 6.45) is 2.81. The van der Waals surface area contributed by atoms with E-state index in [-0.39, 0.29) is 10.8 Å². The van der Waals surface area contributed by atoms with Crippen molar-refractivity contribution >= 4 is 23.1 Å². The van der Waals surface area contributed by atoms with Crippen LogP contribution in [0.2, 0.25) is 5.02 Å². The van der Waals surface area contributed by atoms with Gasteiger partial charge in [-0.25, -0.2) is 4.98 Å². The van der Waals surface area contributed by atoms with Gasteiger partial charge >= 0.3 is 0 Å². The Kier molecular flexibility index (Phi) is 4.52. The van der Waals surface area contributed by atoms with Crippen LogP contribution in [0.4, 0.5) is 15.9 Å². The van der Waals surface area contributed by atoms with Crippen LogP contribution in [0.15, 0.2) is 30.3 Å². The lowest BCUT2D eigenvalue weighted by Crippen LogP contribution is -2.47. The van der Waals surface area contributed by atoms with E-state index in [1.165, 1.54) is 31.1 Å². The van der Waals surface area contributed by atoms with E-state index < -0.39 is 5.95 Å². The molecule has 25 heavy (non-hydrogen) atoms. The fourth-order valence-corrected chi connectivity index (χ4v) is 3.54. The molecule has 0 bridgehead atoms. The second-order valence-corrected chi connectivity index (χ2v) is 7.38. The average molecular weight is 361 g/mol. The highest BCUT2D eigenvalue weighted by Crippen LogP contribution is 2.31. The number of rotatable bonds is 4. The van der Waals surface area contributed by atoms with Crippen LogP contribution in [0.3, 0.4) is 0 Å². The predicted octanol–water partition coefficient (Wildman–Crippen LogP) is 3.66. The van der Waals surface area contributed by atoms with Gasteiger partial charge in [0.05, 0.1) is 5.02 Å². The number of anilines is 2. The summed E-state index contributed by atoms with van der Waals surface area (Å²) in [6, 6.07) is 9.44. The molecule has 2 fully saturated rings. The Balaban J connectivity index is 1.44. The minimum Gasteiger partial charge on any atom is -0.382 e. The zero-order valence-electron chi connectivity index (χ0n) is 14.1. The van der Waals surface area contributed by atoms with Crippen LogP contribution < -0.4 is 10.6 Å². The number of nitrogens with zero attached hydrogens (tertiary/aromatic N) is 3. The second kappa shape index (κ2) is 6.81. The number of hydrogen-bond acceptors (Lipinski definition) is 4. The molecule has 0 unspecified atom stereocenters. The Hall–Kier alpha value is -1.85. The standard InChI is InChI=1S/C19H22ClFN4/c20-17-11-16(18(21)23-19(17)22)14-3-5-15(6-4-14)25-9-7-24(8-10-25)12-13-1-2-13/h3-6,11,13H,1-2,7-10,12H2,(H2,22,23). The van der Waals surface area contributed by atoms with Crippen molar-refractivity contribution in [1.82, 2.24) is 9.88 Å². The molecule has 132 valence electrons. The lowest BCUT2D eigenvalue weighted by atomic mass is 10.1. The maximum atomic E-state index is 14.1. The molecule has 0 spiro atoms. The Bertz CT molecular complexity index is 753. The Morgan fingerprint density at radius 2 is 1.80 bits per heavy atom. The summed E-state index contributed by atoms with van der Waals surface area (Å²) in [4.78, 5) is 8.62. The largest absolute Gasteiger partial charge is 0.382 e. The molecule has 1 aromatic carbocycles. The van der Waals surface area contributed by atoms with E-state index in [1.807, 2.05) is 24.3 Å². The van der Waals surface area contributed by atoms with Crippen LogP contribution in [-0.4, -0.2) is 42.6 Å². The molecule has 4 nitrogen and oxygen atoms in total. The zero-order valence-corrected chi connectivity index (χ0v) is 14.8. The first kappa shape index (κ1) is 16.6. The van der Waals surface area contributed by atoms with E-state index in [9.17, 15) is 4.39 Å². The molecule has 1 saturated heterocycles. The summed E-state index contributed by atoms with van der Waals surface area (Å²) in [5.41, 5.74) is 7.84. The molecule has 6 heteroatoms. The first-order valence-electron chi connectivity index (χ1n) is 8.79. The van der Waals surface area contributed by atoms with Crippen molar-refractivity contribution in [3.05, 3.63) is 41.3 Å². The second-order valence-electron chi connectivity index (χ2n) is 6.97. The third-order valence-electron chi connectivity index (χ3n) is 5.09. The molecule has 1 aliphatic carbocycles. The molecule has 0 radical (unpaired) electrons. The molecule has 1 aromatic heterocycles. The summed E-state index contributed by atoms with van der Waals surface area (Å²) in [7, 11) is 0. The number of piperazine rings is 1. The van der Waals surface area contributed by atoms with Gasteiger partial charge in [0, 0.05) is 44.0 Å². The maximum absolute atomic E-state index is 14.1. The van der Waals surface area contributed by atoms with Gasteiger partial charge in [-0.1, -0.05) is 23.7 Å². The molecule has 0 atom stereocenters. The highest BCUT2D eigenvalue weighted by atomic mass is 35.5. The molecular formula is C19H22ClFN4. The highest BCUT2D eigenvalue weighted by Gasteiger charge is 2.26. The minimum atomic E-state index is -0.594. The zero-order chi connectivity index (χ0) is 17.4. The Morgan fingerprint density at radius 3 is 2.44 bits per heavy atom. The quantitative estimate of drug-likeness (QED) is 0.845. The smallest absolute Gasteiger partial charge is 0.222 e. The summed E-state index contributed by atoms with van der Waals surface area (Å²) < 4.78 is 14.1. The van der Waals surface area contributed by atoms with Gasteiger partial charge in [-0.2, -0.15) is 4.39 Å². The van der Waals surface area contributed by atoms with Crippen LogP contribution in [-0.2, 0) is 0 Å². The van der Waals surface area contributed by atoms with Crippen molar-refractivity contribution in [3.63, 3.8) is 0 Å². The molecule has 1 saturated carbocycles. The lowest BCUT2D eigenvalue weighted by Gasteiger charge is -2.36. The summed E-state index contributed by atoms with van der Waals surface area (Å²) in [5.74, 6) is 0.369. The number of hydrogen-bond donors (Lipinski definition) is 1. The van der Waals surface area contributed by atoms with Crippen LogP contribution in [0.1, 0.15) is 12.8 Å². The van der Waals surface area contributed by atoms with Gasteiger partial charge in [0.2, 0.25) is 5.95 Å². The fraction of sp³-hybridized carbons (Fsp3) is 0.421. The third-order valence-corrected chi connectivity index (χ3v) is 5.39. The topological polar surface area (TPSA) is 45.4 Å². The first-order chi connectivity index (χ1) is 12.1. The molecule has 2 aromatic rings. The third kappa shape index (κ3) is 3.72. The molecule has 1 aliphatic heterocycles. The monoisotopic (exact) mass is 360 g/mol. The van der Waals surface area contributed by atoms with Gasteiger partial charge in [-0.3, -0.25) is 4.90 Å². The van der Waals surface area contributed by atoms with E-state index in [0.717, 1.165) is 37.7 Å². The van der Waals surface area contributed by atoms with E-state index in [2.05, 4.69) is 14.8 Å². The fourth-order valence-electron chi connectivity index (χ4n) is 3.39. The number of halogens is 2. The molecule has 0 amide bonds. The number of pyridine rings is 1. The van der Waals surface area contributed by atoms with Crippen LogP contribution in [0.5, 0.6) is 0 Å². The number of benzene rings is 1. The van der Waals surface area contributed by atoms with Gasteiger partial charge in [-0.05, 0) is 42.5 Å². The number of nitrogens with two attached hydrogens (primary N) is 1. The van der Waals surface area contributed by atoms with Crippen LogP contribution in [0.25, 0.3) is 11.1 Å². The van der Waals surface area contributed by atoms with Gasteiger partial charge in [-0.15, -0.1) is 0 Å². The van der Waals surface area contributed by atoms with Crippen molar-refractivity contribution in [1.29, 1.82) is 0 Å². The van der Waals surface area contributed by atoms with Crippen molar-refractivity contribution in [3.8, 4) is 11.1 Å². The molecule has 2 heterocycles. The van der Waals surface area contributed by atoms with E-state index in [1.54, 1.807) is 0 Å². The molecule has 2 N–H and O–H groups in total. The van der Waals surface area contributed by atoms with Gasteiger partial charge in [0.1, 0.15) is 5.82 Å². The molecular weight excluding hydrogens is 339 g/mol. The van der Waals surface area contributed by atoms with Crippen molar-refractivity contribution < 1.29 is 4.39 Å². The first-order valence-corrected chi connectivity index (χ1v) is 9.17. The predicted molar refractivity (Wildman–Crippen MR) is 100 cm³/mol. The Labute approximate surface area is 152 Å². The van der Waals surface area contributed by atoms with Crippen LogP contribution >= 0.6 is 11.6 Å². The summed E-state index contributed by atoms with van der Waals surface area (Å²) in [6.45, 7) is 5.57. The molecule has 4 rings (SSSR count). The number of nitrogen functional groups attached to an aromatic ring is 1. The summed E-state index contributed by atoms with van der Waals surface area (Å²) in [5, 5.41) is 0.271. The Morgan fingerprint density at radius 1 is 1.12 bits per heavy atom. The SMILES string of the molecule is Nc1nc(F)c(-c2ccc(N3CCN(CC4CC4)CC3)cc2)cc1Cl. The van der Waals surface area contributed by atoms with Crippen molar-refractivity contribution in [2.75, 3.05) is 43.4 Å². The minimum absolute atomic E-state index is 0.0172. The van der Waals surface area contributed by atoms with Crippen molar-refractivity contribution in [2.45, 2.75) is 12.8 Å². The molecule has 2 aliphatic rings. The number of aromatic nitrogens is 1. The van der Waals surface area contributed by atoms with E-state index >= 15 is 0 Å². The average Bonchev–Trinajstić information content (AvgIpc) is 3.43. The van der Waals surface area contributed by atoms with Gasteiger partial charge in [0.15, 0.2) is 0 Å². The van der Waals surface area contributed by atoms with Gasteiger partial charge in [0.25, 0.3) is 0 Å². The highest BCUT2D eigenvalue weighted by molar-refractivity contribution is 6.33. The van der Waals surface area contributed by atoms with Gasteiger partial charge < -0.3 is 10.6 Å². The van der Waals surface area contributed by atoms with Crippen LogP contribution in [0, 0.1) is 11.9 Å². The lowest BCUT2D eigenvalue weighted by molar-refractivity contribution is 0.248. The normalized spacial score (nSPS) is 18.6. The van der Waals surface area contributed by atoms with E-state index in [4.69, 9.17) is 17.3 Å². The maximum Gasteiger partial charge on any atom is 0.222 e. The van der Waals surface area contributed by atoms with E-state index in [0.29, 0.717) is 5.56 Å². The van der Waals surface area contributed by atoms with Crippen molar-refractivity contribution in [2.24, 2.45) is 5.92 Å². The summed E-state index contributed by atoms with van der Waals surface area (Å²) >= 11 is 5.98.